The lowest BCUT2D eigenvalue weighted by atomic mass is 10.1. The van der Waals surface area contributed by atoms with Crippen molar-refractivity contribution in [1.82, 2.24) is 10.4 Å². The number of halogens is 1. The van der Waals surface area contributed by atoms with E-state index in [1.54, 1.807) is 27.7 Å². The molecule has 1 amide bonds. The molecule has 0 saturated carbocycles. The van der Waals surface area contributed by atoms with Crippen molar-refractivity contribution in [2.24, 2.45) is 20.8 Å². The minimum Gasteiger partial charge on any atom is -0.443 e. The van der Waals surface area contributed by atoms with E-state index in [2.05, 4.69) is 38.8 Å². The Hall–Kier alpha value is -3.36. The van der Waals surface area contributed by atoms with Crippen molar-refractivity contribution in [2.45, 2.75) is 33.3 Å². The van der Waals surface area contributed by atoms with Crippen molar-refractivity contribution in [3.8, 4) is 0 Å². The van der Waals surface area contributed by atoms with E-state index < -0.39 is 17.5 Å². The van der Waals surface area contributed by atoms with Crippen LogP contribution < -0.4 is 11.2 Å². The van der Waals surface area contributed by atoms with E-state index in [9.17, 15) is 9.18 Å². The SMILES string of the molecule is C=N\C(=N/C(N)=C(/C=N\NC(=O)OC(C)(C)C)C(=C)C)c1cncc(F)c1. The van der Waals surface area contributed by atoms with Crippen LogP contribution in [-0.2, 0) is 4.74 Å². The molecule has 0 spiro atoms. The Morgan fingerprint density at radius 3 is 2.59 bits per heavy atom. The molecule has 0 aliphatic rings. The molecule has 0 aliphatic heterocycles. The van der Waals surface area contributed by atoms with Crippen LogP contribution in [0.25, 0.3) is 0 Å². The zero-order valence-electron chi connectivity index (χ0n) is 15.8. The van der Waals surface area contributed by atoms with Gasteiger partial charge in [-0.3, -0.25) is 4.98 Å². The molecule has 0 fully saturated rings. The van der Waals surface area contributed by atoms with Crippen LogP contribution in [0.5, 0.6) is 0 Å². The van der Waals surface area contributed by atoms with Crippen molar-refractivity contribution in [3.63, 3.8) is 0 Å². The molecule has 3 N–H and O–H groups in total. The number of allylic oxidation sites excluding steroid dienone is 2. The Kier molecular flexibility index (Phi) is 7.52. The molecule has 0 aromatic carbocycles. The van der Waals surface area contributed by atoms with Gasteiger partial charge in [-0.1, -0.05) is 6.58 Å². The summed E-state index contributed by atoms with van der Waals surface area (Å²) >= 11 is 0. The predicted octanol–water partition coefficient (Wildman–Crippen LogP) is 2.92. The summed E-state index contributed by atoms with van der Waals surface area (Å²) in [6.45, 7) is 14.1. The number of amides is 1. The Balaban J connectivity index is 3.10. The predicted molar refractivity (Wildman–Crippen MR) is 104 cm³/mol. The minimum absolute atomic E-state index is 0.00361. The first-order valence-electron chi connectivity index (χ1n) is 7.87. The van der Waals surface area contributed by atoms with Crippen molar-refractivity contribution in [2.75, 3.05) is 0 Å². The van der Waals surface area contributed by atoms with E-state index in [1.807, 2.05) is 0 Å². The second kappa shape index (κ2) is 9.37. The van der Waals surface area contributed by atoms with Crippen molar-refractivity contribution >= 4 is 24.9 Å². The summed E-state index contributed by atoms with van der Waals surface area (Å²) in [4.78, 5) is 23.2. The second-order valence-corrected chi connectivity index (χ2v) is 6.44. The summed E-state index contributed by atoms with van der Waals surface area (Å²) in [7, 11) is 0. The topological polar surface area (TPSA) is 114 Å². The number of nitrogens with two attached hydrogens (primary N) is 1. The monoisotopic (exact) mass is 374 g/mol. The van der Waals surface area contributed by atoms with Crippen LogP contribution in [0.15, 0.2) is 57.1 Å². The van der Waals surface area contributed by atoms with Gasteiger partial charge in [0.15, 0.2) is 5.84 Å². The molecule has 0 unspecified atom stereocenters. The second-order valence-electron chi connectivity index (χ2n) is 6.44. The normalized spacial score (nSPS) is 13.1. The number of nitrogens with zero attached hydrogens (tertiary/aromatic N) is 4. The van der Waals surface area contributed by atoms with Crippen LogP contribution in [0.3, 0.4) is 0 Å². The highest BCUT2D eigenvalue weighted by molar-refractivity contribution is 6.02. The summed E-state index contributed by atoms with van der Waals surface area (Å²) < 4.78 is 18.4. The molecule has 1 aromatic rings. The third kappa shape index (κ3) is 7.59. The first-order chi connectivity index (χ1) is 12.5. The lowest BCUT2D eigenvalue weighted by molar-refractivity contribution is 0.0529. The molecule has 1 rings (SSSR count). The average Bonchev–Trinajstić information content (AvgIpc) is 2.54. The Morgan fingerprint density at radius 2 is 2.07 bits per heavy atom. The molecule has 0 saturated heterocycles. The molecule has 1 heterocycles. The highest BCUT2D eigenvalue weighted by atomic mass is 19.1. The van der Waals surface area contributed by atoms with Gasteiger partial charge in [0.1, 0.15) is 17.2 Å². The number of rotatable bonds is 5. The molecule has 0 radical (unpaired) electrons. The summed E-state index contributed by atoms with van der Waals surface area (Å²) in [5.41, 5.74) is 8.73. The maximum absolute atomic E-state index is 13.3. The largest absolute Gasteiger partial charge is 0.443 e. The van der Waals surface area contributed by atoms with Crippen LogP contribution in [-0.4, -0.2) is 35.4 Å². The van der Waals surface area contributed by atoms with Gasteiger partial charge in [-0.05, 0) is 46.1 Å². The van der Waals surface area contributed by atoms with Crippen molar-refractivity contribution in [3.05, 3.63) is 53.4 Å². The Labute approximate surface area is 157 Å². The van der Waals surface area contributed by atoms with Gasteiger partial charge in [0.25, 0.3) is 0 Å². The molecule has 9 heteroatoms. The molecule has 27 heavy (non-hydrogen) atoms. The molecule has 0 bridgehead atoms. The smallest absolute Gasteiger partial charge is 0.428 e. The van der Waals surface area contributed by atoms with Gasteiger partial charge in [0.05, 0.1) is 12.4 Å². The number of carbonyl (C=O) groups is 1. The fourth-order valence-corrected chi connectivity index (χ4v) is 1.75. The molecule has 0 aliphatic carbocycles. The number of hydrogen-bond acceptors (Lipinski definition) is 6. The van der Waals surface area contributed by atoms with E-state index in [1.165, 1.54) is 18.5 Å². The number of amidine groups is 1. The zero-order chi connectivity index (χ0) is 20.6. The molecular formula is C18H23FN6O2. The molecule has 8 nitrogen and oxygen atoms in total. The first-order valence-corrected chi connectivity index (χ1v) is 7.87. The highest BCUT2D eigenvalue weighted by Crippen LogP contribution is 2.12. The number of hydrogen-bond donors (Lipinski definition) is 2. The van der Waals surface area contributed by atoms with Crippen LogP contribution >= 0.6 is 0 Å². The summed E-state index contributed by atoms with van der Waals surface area (Å²) in [5.74, 6) is -0.467. The third-order valence-corrected chi connectivity index (χ3v) is 2.82. The highest BCUT2D eigenvalue weighted by Gasteiger charge is 2.15. The zero-order valence-corrected chi connectivity index (χ0v) is 15.8. The van der Waals surface area contributed by atoms with Gasteiger partial charge in [-0.2, -0.15) is 5.10 Å². The van der Waals surface area contributed by atoms with E-state index in [-0.39, 0.29) is 11.7 Å². The third-order valence-electron chi connectivity index (χ3n) is 2.82. The van der Waals surface area contributed by atoms with E-state index in [0.29, 0.717) is 16.7 Å². The number of aliphatic imine (C=N–C) groups is 2. The van der Waals surface area contributed by atoms with Gasteiger partial charge < -0.3 is 10.5 Å². The average molecular weight is 374 g/mol. The minimum atomic E-state index is -0.721. The lowest BCUT2D eigenvalue weighted by Crippen LogP contribution is -2.29. The number of aromatic nitrogens is 1. The maximum Gasteiger partial charge on any atom is 0.428 e. The number of hydrazone groups is 1. The first kappa shape index (κ1) is 21.7. The molecule has 1 aromatic heterocycles. The fraction of sp³-hybridized carbons (Fsp3) is 0.278. The van der Waals surface area contributed by atoms with Gasteiger partial charge in [0.2, 0.25) is 0 Å². The lowest BCUT2D eigenvalue weighted by Gasteiger charge is -2.18. The van der Waals surface area contributed by atoms with Gasteiger partial charge in [-0.25, -0.2) is 24.6 Å². The number of pyridine rings is 1. The maximum atomic E-state index is 13.3. The van der Waals surface area contributed by atoms with Gasteiger partial charge in [-0.15, -0.1) is 0 Å². The number of ether oxygens (including phenoxy) is 1. The fourth-order valence-electron chi connectivity index (χ4n) is 1.75. The van der Waals surface area contributed by atoms with Crippen LogP contribution in [0.2, 0.25) is 0 Å². The summed E-state index contributed by atoms with van der Waals surface area (Å²) in [5, 5.41) is 3.78. The van der Waals surface area contributed by atoms with Crippen LogP contribution in [0.1, 0.15) is 33.3 Å². The summed E-state index contributed by atoms with van der Waals surface area (Å²) in [6.07, 6.45) is 2.98. The van der Waals surface area contributed by atoms with Crippen molar-refractivity contribution < 1.29 is 13.9 Å². The van der Waals surface area contributed by atoms with Gasteiger partial charge in [0, 0.05) is 17.3 Å². The van der Waals surface area contributed by atoms with Crippen LogP contribution in [0, 0.1) is 5.82 Å². The number of nitrogens with one attached hydrogen (secondary N) is 1. The van der Waals surface area contributed by atoms with Crippen LogP contribution in [0.4, 0.5) is 9.18 Å². The Morgan fingerprint density at radius 1 is 1.41 bits per heavy atom. The van der Waals surface area contributed by atoms with E-state index in [4.69, 9.17) is 10.5 Å². The van der Waals surface area contributed by atoms with Crippen molar-refractivity contribution in [1.29, 1.82) is 0 Å². The quantitative estimate of drug-likeness (QED) is 0.357. The molecular weight excluding hydrogens is 351 g/mol. The molecule has 144 valence electrons. The van der Waals surface area contributed by atoms with E-state index in [0.717, 1.165) is 6.20 Å². The Bertz CT molecular complexity index is 821. The number of carbonyl (C=O) groups excluding carboxylic acids is 1. The van der Waals surface area contributed by atoms with Gasteiger partial charge >= 0.3 is 6.09 Å². The summed E-state index contributed by atoms with van der Waals surface area (Å²) in [6, 6.07) is 1.20. The molecule has 0 atom stereocenters. The van der Waals surface area contributed by atoms with E-state index >= 15 is 0 Å². The standard InChI is InChI=1S/C18H23FN6O2/c1-11(2)14(10-23-25-17(26)27-18(3,4)5)15(20)24-16(21-6)12-7-13(19)9-22-8-12/h7-10H,1,6,20H2,2-5H3,(H,25,26)/b15-14-,23-10-,24-16-.